The van der Waals surface area contributed by atoms with Crippen molar-refractivity contribution in [1.29, 1.82) is 0 Å². The van der Waals surface area contributed by atoms with E-state index in [4.69, 9.17) is 10.5 Å². The third kappa shape index (κ3) is 2.95. The Morgan fingerprint density at radius 1 is 1.55 bits per heavy atom. The average Bonchev–Trinajstić information content (AvgIpc) is 1.79. The molecule has 1 fully saturated rings. The van der Waals surface area contributed by atoms with E-state index < -0.39 is 6.10 Å². The quantitative estimate of drug-likeness (QED) is 0.565. The number of nitrogens with two attached hydrogens (primary N) is 1. The highest BCUT2D eigenvalue weighted by atomic mass is 35.5. The summed E-state index contributed by atoms with van der Waals surface area (Å²) < 4.78 is 5.36. The van der Waals surface area contributed by atoms with E-state index in [1.165, 1.54) is 0 Å². The molecule has 0 spiro atoms. The number of aliphatic hydroxyl groups excluding tert-OH is 1. The third-order valence-corrected chi connectivity index (χ3v) is 1.86. The van der Waals surface area contributed by atoms with Gasteiger partial charge in [0.1, 0.15) is 0 Å². The molecular formula is C7H16ClNO2. The maximum Gasteiger partial charge on any atom is 0.0740 e. The highest BCUT2D eigenvalue weighted by molar-refractivity contribution is 5.85. The minimum Gasteiger partial charge on any atom is -0.391 e. The summed E-state index contributed by atoms with van der Waals surface area (Å²) in [5, 5.41) is 9.31. The summed E-state index contributed by atoms with van der Waals surface area (Å²) in [7, 11) is 0. The number of rotatable bonds is 0. The van der Waals surface area contributed by atoms with Crippen LogP contribution in [0.3, 0.4) is 0 Å². The molecule has 1 saturated heterocycles. The number of ether oxygens (including phenoxy) is 1. The lowest BCUT2D eigenvalue weighted by Gasteiger charge is -2.36. The summed E-state index contributed by atoms with van der Waals surface area (Å²) in [6.45, 7) is 4.39. The van der Waals surface area contributed by atoms with Gasteiger partial charge in [0, 0.05) is 6.42 Å². The average molecular weight is 182 g/mol. The van der Waals surface area contributed by atoms with E-state index in [-0.39, 0.29) is 24.0 Å². The van der Waals surface area contributed by atoms with Gasteiger partial charge in [-0.1, -0.05) is 0 Å². The Morgan fingerprint density at radius 2 is 2.09 bits per heavy atom. The highest BCUT2D eigenvalue weighted by Crippen LogP contribution is 2.22. The van der Waals surface area contributed by atoms with Gasteiger partial charge in [-0.3, -0.25) is 0 Å². The first-order valence-electron chi connectivity index (χ1n) is 3.59. The van der Waals surface area contributed by atoms with Crippen molar-refractivity contribution in [2.75, 3.05) is 6.61 Å². The predicted molar refractivity (Wildman–Crippen MR) is 45.9 cm³/mol. The minimum absolute atomic E-state index is 0. The molecule has 4 heteroatoms. The van der Waals surface area contributed by atoms with Crippen molar-refractivity contribution in [2.24, 2.45) is 5.73 Å². The van der Waals surface area contributed by atoms with Crippen molar-refractivity contribution in [3.63, 3.8) is 0 Å². The van der Waals surface area contributed by atoms with Gasteiger partial charge in [0.15, 0.2) is 0 Å². The third-order valence-electron chi connectivity index (χ3n) is 1.86. The fourth-order valence-corrected chi connectivity index (χ4v) is 1.15. The first-order chi connectivity index (χ1) is 4.51. The lowest BCUT2D eigenvalue weighted by Crippen LogP contribution is -2.50. The van der Waals surface area contributed by atoms with Crippen molar-refractivity contribution in [3.8, 4) is 0 Å². The summed E-state index contributed by atoms with van der Waals surface area (Å²) in [5.74, 6) is 0. The molecule has 0 aromatic heterocycles. The molecule has 0 saturated carbocycles. The van der Waals surface area contributed by atoms with Gasteiger partial charge in [-0.15, -0.1) is 12.4 Å². The molecule has 0 radical (unpaired) electrons. The van der Waals surface area contributed by atoms with Crippen LogP contribution in [0.25, 0.3) is 0 Å². The van der Waals surface area contributed by atoms with Crippen LogP contribution in [0.2, 0.25) is 0 Å². The van der Waals surface area contributed by atoms with E-state index in [1.807, 2.05) is 13.8 Å². The Morgan fingerprint density at radius 3 is 2.45 bits per heavy atom. The maximum atomic E-state index is 9.31. The van der Waals surface area contributed by atoms with Crippen molar-refractivity contribution in [2.45, 2.75) is 38.0 Å². The van der Waals surface area contributed by atoms with Crippen LogP contribution in [-0.4, -0.2) is 29.5 Å². The monoisotopic (exact) mass is 181 g/mol. The minimum atomic E-state index is -0.399. The Balaban J connectivity index is 0.000001000. The maximum absolute atomic E-state index is 9.31. The van der Waals surface area contributed by atoms with Gasteiger partial charge in [0.05, 0.1) is 24.4 Å². The van der Waals surface area contributed by atoms with Gasteiger partial charge in [0.25, 0.3) is 0 Å². The Kier molecular flexibility index (Phi) is 3.77. The predicted octanol–water partition coefficient (Wildman–Crippen LogP) is 0.295. The molecule has 11 heavy (non-hydrogen) atoms. The van der Waals surface area contributed by atoms with Crippen LogP contribution in [0.4, 0.5) is 0 Å². The molecule has 3 nitrogen and oxygen atoms in total. The van der Waals surface area contributed by atoms with E-state index >= 15 is 0 Å². The fourth-order valence-electron chi connectivity index (χ4n) is 1.15. The van der Waals surface area contributed by atoms with Crippen LogP contribution in [0.15, 0.2) is 0 Å². The van der Waals surface area contributed by atoms with Crippen LogP contribution < -0.4 is 5.73 Å². The topological polar surface area (TPSA) is 55.5 Å². The first-order valence-corrected chi connectivity index (χ1v) is 3.59. The molecule has 0 aliphatic carbocycles. The fraction of sp³-hybridized carbons (Fsp3) is 1.00. The zero-order valence-corrected chi connectivity index (χ0v) is 7.73. The van der Waals surface area contributed by atoms with Crippen molar-refractivity contribution in [1.82, 2.24) is 0 Å². The molecule has 68 valence electrons. The second kappa shape index (κ2) is 3.72. The zero-order valence-electron chi connectivity index (χ0n) is 6.91. The smallest absolute Gasteiger partial charge is 0.0740 e. The van der Waals surface area contributed by atoms with Gasteiger partial charge in [-0.2, -0.15) is 0 Å². The summed E-state index contributed by atoms with van der Waals surface area (Å²) in [5.41, 5.74) is 5.33. The molecule has 0 aromatic carbocycles. The molecule has 1 rings (SSSR count). The summed E-state index contributed by atoms with van der Waals surface area (Å²) in [6.07, 6.45) is 0.234. The molecule has 2 atom stereocenters. The lowest BCUT2D eigenvalue weighted by atomic mass is 9.93. The van der Waals surface area contributed by atoms with E-state index in [2.05, 4.69) is 0 Å². The van der Waals surface area contributed by atoms with Gasteiger partial charge in [0.2, 0.25) is 0 Å². The zero-order chi connectivity index (χ0) is 7.78. The van der Waals surface area contributed by atoms with E-state index in [0.717, 1.165) is 0 Å². The molecule has 1 aliphatic heterocycles. The SMILES string of the molecule is CC1(C)C[C@@H](O)[C@H](N)CO1.Cl. The van der Waals surface area contributed by atoms with Crippen LogP contribution in [-0.2, 0) is 4.74 Å². The Hall–Kier alpha value is 0.170. The molecule has 1 aliphatic rings. The van der Waals surface area contributed by atoms with E-state index in [9.17, 15) is 5.11 Å². The molecule has 0 unspecified atom stereocenters. The van der Waals surface area contributed by atoms with Crippen LogP contribution in [0.1, 0.15) is 20.3 Å². The summed E-state index contributed by atoms with van der Waals surface area (Å²) in [6, 6.07) is -0.201. The number of halogens is 1. The van der Waals surface area contributed by atoms with Crippen LogP contribution >= 0.6 is 12.4 Å². The molecule has 0 aromatic rings. The number of hydrogen-bond donors (Lipinski definition) is 2. The van der Waals surface area contributed by atoms with Gasteiger partial charge < -0.3 is 15.6 Å². The van der Waals surface area contributed by atoms with Crippen molar-refractivity contribution < 1.29 is 9.84 Å². The summed E-state index contributed by atoms with van der Waals surface area (Å²) >= 11 is 0. The normalized spacial score (nSPS) is 36.0. The van der Waals surface area contributed by atoms with E-state index in [0.29, 0.717) is 13.0 Å². The first kappa shape index (κ1) is 11.2. The second-order valence-electron chi connectivity index (χ2n) is 3.51. The van der Waals surface area contributed by atoms with Crippen molar-refractivity contribution >= 4 is 12.4 Å². The standard InChI is InChI=1S/C7H15NO2.ClH/c1-7(2)3-6(9)5(8)4-10-7;/h5-6,9H,3-4,8H2,1-2H3;1H/t5-,6-;/m1./s1. The largest absolute Gasteiger partial charge is 0.391 e. The lowest BCUT2D eigenvalue weighted by molar-refractivity contribution is -0.107. The summed E-state index contributed by atoms with van der Waals surface area (Å²) in [4.78, 5) is 0. The van der Waals surface area contributed by atoms with Crippen LogP contribution in [0.5, 0.6) is 0 Å². The van der Waals surface area contributed by atoms with Gasteiger partial charge >= 0.3 is 0 Å². The Bertz CT molecular complexity index is 130. The Labute approximate surface area is 73.3 Å². The molecule has 0 bridgehead atoms. The van der Waals surface area contributed by atoms with Gasteiger partial charge in [-0.25, -0.2) is 0 Å². The molecule has 1 heterocycles. The number of aliphatic hydroxyl groups is 1. The molecular weight excluding hydrogens is 166 g/mol. The highest BCUT2D eigenvalue weighted by Gasteiger charge is 2.32. The molecule has 3 N–H and O–H groups in total. The van der Waals surface area contributed by atoms with Gasteiger partial charge in [-0.05, 0) is 13.8 Å². The van der Waals surface area contributed by atoms with E-state index in [1.54, 1.807) is 0 Å². The second-order valence-corrected chi connectivity index (χ2v) is 3.51. The van der Waals surface area contributed by atoms with Crippen LogP contribution in [0, 0.1) is 0 Å². The number of hydrogen-bond acceptors (Lipinski definition) is 3. The molecule has 0 amide bonds. The van der Waals surface area contributed by atoms with Crippen molar-refractivity contribution in [3.05, 3.63) is 0 Å².